The Kier molecular flexibility index (Phi) is 22.3. The smallest absolute Gasteiger partial charge is 0.304 e. The lowest BCUT2D eigenvalue weighted by Crippen LogP contribution is -2.49. The maximum absolute atomic E-state index is 13.6. The van der Waals surface area contributed by atoms with Gasteiger partial charge in [-0.05, 0) is 83.0 Å². The van der Waals surface area contributed by atoms with Gasteiger partial charge in [0.2, 0.25) is 23.6 Å². The van der Waals surface area contributed by atoms with Gasteiger partial charge in [-0.25, -0.2) is 4.98 Å². The molecule has 23 heteroatoms. The van der Waals surface area contributed by atoms with Crippen LogP contribution in [0.5, 0.6) is 11.5 Å². The van der Waals surface area contributed by atoms with Crippen molar-refractivity contribution in [2.75, 3.05) is 0 Å². The van der Waals surface area contributed by atoms with E-state index in [1.54, 1.807) is 18.2 Å². The number of Topliss-reactive ketones (excluding diaryl/α,β-unsaturated/α-hetero) is 5. The molecular formula is C57H66N6O17. The molecule has 23 nitrogen and oxygen atoms in total. The molecule has 5 rings (SSSR count). The van der Waals surface area contributed by atoms with E-state index < -0.39 is 114 Å². The Labute approximate surface area is 459 Å². The first-order chi connectivity index (χ1) is 37.9. The number of aliphatic hydroxyl groups is 1. The number of imidazole rings is 1. The Bertz CT molecular complexity index is 3150. The van der Waals surface area contributed by atoms with Crippen LogP contribution in [0.2, 0.25) is 0 Å². The molecule has 1 aromatic heterocycles. The van der Waals surface area contributed by atoms with Crippen LogP contribution in [-0.4, -0.2) is 115 Å². The van der Waals surface area contributed by atoms with Crippen LogP contribution in [0.1, 0.15) is 115 Å². The molecule has 4 amide bonds. The average molecular weight is 1110 g/mol. The number of aromatic amines is 1. The zero-order valence-corrected chi connectivity index (χ0v) is 44.9. The number of carbonyl (C=O) groups is 11. The van der Waals surface area contributed by atoms with Crippen LogP contribution in [0.25, 0.3) is 33.4 Å². The lowest BCUT2D eigenvalue weighted by Gasteiger charge is -2.25. The summed E-state index contributed by atoms with van der Waals surface area (Å²) in [6.07, 6.45) is 0.324. The number of carboxylic acids is 1. The topological polar surface area (TPSA) is 379 Å². The third-order valence-corrected chi connectivity index (χ3v) is 13.7. The minimum absolute atomic E-state index is 0.0900. The lowest BCUT2D eigenvalue weighted by molar-refractivity contribution is -0.141. The number of phenolic OH excluding ortho intramolecular Hbond substituents is 1. The molecule has 0 fully saturated rings. The van der Waals surface area contributed by atoms with Gasteiger partial charge in [-0.1, -0.05) is 19.8 Å². The average Bonchev–Trinajstić information content (AvgIpc) is 3.91. The van der Waals surface area contributed by atoms with Gasteiger partial charge in [0.15, 0.2) is 28.6 Å². The first kappa shape index (κ1) is 62.1. The van der Waals surface area contributed by atoms with Crippen LogP contribution in [0.3, 0.4) is 0 Å². The second-order valence-corrected chi connectivity index (χ2v) is 20.1. The largest absolute Gasteiger partial charge is 0.508 e. The van der Waals surface area contributed by atoms with Crippen LogP contribution < -0.4 is 31.8 Å². The summed E-state index contributed by atoms with van der Waals surface area (Å²) in [5.74, 6) is -11.5. The number of rotatable bonds is 33. The van der Waals surface area contributed by atoms with E-state index in [2.05, 4.69) is 25.9 Å². The van der Waals surface area contributed by atoms with E-state index in [1.807, 2.05) is 0 Å². The number of aromatic hydroxyl groups is 1. The van der Waals surface area contributed by atoms with Crippen molar-refractivity contribution in [1.82, 2.24) is 25.9 Å². The van der Waals surface area contributed by atoms with Gasteiger partial charge in [0.25, 0.3) is 6.47 Å². The third kappa shape index (κ3) is 17.4. The van der Waals surface area contributed by atoms with E-state index in [0.29, 0.717) is 52.6 Å². The monoisotopic (exact) mass is 1110 g/mol. The molecule has 2 aliphatic rings. The summed E-state index contributed by atoms with van der Waals surface area (Å²) in [5, 5.41) is 38.1. The first-order valence-electron chi connectivity index (χ1n) is 26.0. The van der Waals surface area contributed by atoms with E-state index >= 15 is 0 Å². The van der Waals surface area contributed by atoms with Crippen LogP contribution in [0.15, 0.2) is 76.3 Å². The van der Waals surface area contributed by atoms with E-state index in [-0.39, 0.29) is 78.4 Å². The predicted molar refractivity (Wildman–Crippen MR) is 287 cm³/mol. The molecule has 80 heavy (non-hydrogen) atoms. The van der Waals surface area contributed by atoms with Crippen molar-refractivity contribution in [2.45, 2.75) is 129 Å². The number of primary amides is 1. The van der Waals surface area contributed by atoms with E-state index in [0.717, 1.165) is 0 Å². The number of nitrogens with zero attached hydrogens (tertiary/aromatic N) is 1. The van der Waals surface area contributed by atoms with Crippen molar-refractivity contribution in [2.24, 2.45) is 29.4 Å². The van der Waals surface area contributed by atoms with Gasteiger partial charge >= 0.3 is 5.97 Å². The number of ether oxygens (including phenoxy) is 1. The van der Waals surface area contributed by atoms with Gasteiger partial charge in [0.1, 0.15) is 28.6 Å². The molecule has 1 aliphatic heterocycles. The number of aliphatic carboxylic acids is 1. The van der Waals surface area contributed by atoms with Crippen LogP contribution in [-0.2, 0) is 54.4 Å². The second kappa shape index (κ2) is 28.8. The van der Waals surface area contributed by atoms with Gasteiger partial charge in [-0.2, -0.15) is 0 Å². The molecule has 0 radical (unpaired) electrons. The molecule has 9 N–H and O–H groups in total. The quantitative estimate of drug-likeness (QED) is 0.0127. The maximum atomic E-state index is 13.6. The molecule has 426 valence electrons. The van der Waals surface area contributed by atoms with Gasteiger partial charge in [0.05, 0.1) is 48.8 Å². The van der Waals surface area contributed by atoms with Crippen molar-refractivity contribution >= 4 is 76.0 Å². The fourth-order valence-electron chi connectivity index (χ4n) is 9.18. The minimum Gasteiger partial charge on any atom is -0.508 e. The zero-order valence-electron chi connectivity index (χ0n) is 44.9. The number of amides is 4. The number of hydrogen-bond acceptors (Lipinski definition) is 17. The molecule has 0 saturated carbocycles. The van der Waals surface area contributed by atoms with Crippen molar-refractivity contribution in [3.05, 3.63) is 88.6 Å². The standard InChI is InChI=1S/C57H66N6O17/c1-29(55(76)61-32(4)47(71)25-42(33(5)66)57(78)63-44(22-37-26-59-27-60-37)48(72)20-36(54(58)75)21-52(73)74)17-46(70)31(3)62-56(77)35(18-30(2)65)9-7-6-8-10-45(69)34-11-16-49(79-28-64)43(19-34)53-40-14-12-38(67)23-50(40)80-51-24-39(68)13-15-41(51)53/h11-16,19,23-24,26-29,31-33,35-36,42,44,66-67H,6-10,17-18,20-22,25H2,1-5H3,(H2,58,75)(H,59,60)(H,61,76)(H,62,77)(H,63,78)(H,73,74)/t29-,31+,32+,33-,35-,36+,42+,44+/m0/s1. The Morgan fingerprint density at radius 1 is 0.762 bits per heavy atom. The number of nitrogens with two attached hydrogens (primary N) is 1. The van der Waals surface area contributed by atoms with Crippen LogP contribution >= 0.6 is 0 Å². The molecule has 1 aliphatic carbocycles. The Morgan fingerprint density at radius 2 is 1.46 bits per heavy atom. The second-order valence-electron chi connectivity index (χ2n) is 20.1. The predicted octanol–water partition coefficient (Wildman–Crippen LogP) is 4.08. The van der Waals surface area contributed by atoms with Crippen molar-refractivity contribution in [1.29, 1.82) is 0 Å². The molecule has 0 unspecified atom stereocenters. The molecule has 0 bridgehead atoms. The Balaban J connectivity index is 1.12. The van der Waals surface area contributed by atoms with E-state index in [1.165, 1.54) is 83.5 Å². The zero-order chi connectivity index (χ0) is 59.0. The van der Waals surface area contributed by atoms with Crippen molar-refractivity contribution in [3.63, 3.8) is 0 Å². The highest BCUT2D eigenvalue weighted by molar-refractivity contribution is 6.06. The number of H-pyrrole nitrogens is 1. The normalized spacial score (nSPS) is 14.3. The number of aromatic nitrogens is 2. The first-order valence-corrected chi connectivity index (χ1v) is 26.0. The van der Waals surface area contributed by atoms with Gasteiger partial charge in [-0.3, -0.25) is 52.7 Å². The summed E-state index contributed by atoms with van der Waals surface area (Å²) >= 11 is 0. The number of phenols is 1. The summed E-state index contributed by atoms with van der Waals surface area (Å²) in [6, 6.07) is 9.55. The number of fused-ring (bicyclic) bond motifs is 2. The summed E-state index contributed by atoms with van der Waals surface area (Å²) < 4.78 is 11.3. The van der Waals surface area contributed by atoms with Gasteiger partial charge < -0.3 is 55.9 Å². The summed E-state index contributed by atoms with van der Waals surface area (Å²) in [6.45, 7) is 7.03. The number of aliphatic hydroxyl groups excluding tert-OH is 1. The summed E-state index contributed by atoms with van der Waals surface area (Å²) in [4.78, 5) is 160. The number of unbranched alkanes of at least 4 members (excludes halogenated alkanes) is 2. The fourth-order valence-corrected chi connectivity index (χ4v) is 9.18. The molecule has 0 spiro atoms. The highest BCUT2D eigenvalue weighted by Gasteiger charge is 2.35. The number of carboxylic acid groups (broad SMARTS) is 1. The molecular weight excluding hydrogens is 1040 g/mol. The summed E-state index contributed by atoms with van der Waals surface area (Å²) in [7, 11) is 0. The number of nitrogens with one attached hydrogen (secondary N) is 4. The number of hydrogen-bond donors (Lipinski definition) is 8. The SMILES string of the molecule is CC(=O)C[C@H](CCCCCC(=O)c1ccc(OC=O)c(-c2c3ccc(=O)cc-3oc3cc(O)ccc23)c1)C(=O)N[C@H](C)C(=O)C[C@H](C)C(=O)N[C@H](C)C(=O)C[C@@H](C(=O)N[C@H](Cc1cnc[nH]1)C(=O)C[C@H](CC(=O)O)C(N)=O)[C@H](C)O. The highest BCUT2D eigenvalue weighted by Crippen LogP contribution is 2.44. The fraction of sp³-hybridized carbons (Fsp3) is 0.421. The maximum Gasteiger partial charge on any atom is 0.304 e. The number of benzene rings is 3. The molecule has 3 aromatic rings. The Hall–Kier alpha value is -8.73. The van der Waals surface area contributed by atoms with Gasteiger partial charge in [-0.15, -0.1) is 0 Å². The molecule has 2 heterocycles. The number of carbonyl (C=O) groups excluding carboxylic acids is 10. The van der Waals surface area contributed by atoms with Crippen LogP contribution in [0.4, 0.5) is 0 Å². The molecule has 2 aromatic carbocycles. The summed E-state index contributed by atoms with van der Waals surface area (Å²) in [5.41, 5.74) is 7.27. The highest BCUT2D eigenvalue weighted by atomic mass is 16.5. The minimum atomic E-state index is -1.44. The van der Waals surface area contributed by atoms with E-state index in [9.17, 15) is 72.9 Å². The van der Waals surface area contributed by atoms with E-state index in [4.69, 9.17) is 14.9 Å². The number of ketones is 5. The van der Waals surface area contributed by atoms with Crippen LogP contribution in [0, 0.1) is 23.7 Å². The van der Waals surface area contributed by atoms with Crippen molar-refractivity contribution < 1.29 is 77.2 Å². The lowest BCUT2D eigenvalue weighted by atomic mass is 9.90. The third-order valence-electron chi connectivity index (χ3n) is 13.7. The van der Waals surface area contributed by atoms with Crippen molar-refractivity contribution in [3.8, 4) is 33.9 Å². The molecule has 8 atom stereocenters. The Morgan fingerprint density at radius 3 is 2.10 bits per heavy atom. The molecule has 0 saturated heterocycles. The van der Waals surface area contributed by atoms with Gasteiger partial charge in [0, 0.05) is 102 Å².